The molecule has 0 bridgehead atoms. The van der Waals surface area contributed by atoms with Crippen LogP contribution >= 0.6 is 23.6 Å². The molecule has 1 aromatic carbocycles. The van der Waals surface area contributed by atoms with Crippen molar-refractivity contribution >= 4 is 45.8 Å². The maximum Gasteiger partial charge on any atom is 0.250 e. The molecule has 0 aliphatic carbocycles. The van der Waals surface area contributed by atoms with E-state index in [2.05, 4.69) is 20.8 Å². The van der Waals surface area contributed by atoms with E-state index in [1.807, 2.05) is 37.3 Å². The molecule has 0 spiro atoms. The van der Waals surface area contributed by atoms with Crippen molar-refractivity contribution in [3.63, 3.8) is 0 Å². The van der Waals surface area contributed by atoms with Crippen molar-refractivity contribution in [2.75, 3.05) is 5.32 Å². The van der Waals surface area contributed by atoms with Crippen LogP contribution in [0.25, 0.3) is 6.08 Å². The third-order valence-electron chi connectivity index (χ3n) is 2.45. The second-order valence-electron chi connectivity index (χ2n) is 4.04. The Balaban J connectivity index is 1.84. The highest BCUT2D eigenvalue weighted by atomic mass is 32.1. The highest BCUT2D eigenvalue weighted by Crippen LogP contribution is 2.14. The summed E-state index contributed by atoms with van der Waals surface area (Å²) in [6.45, 7) is 2.00. The van der Waals surface area contributed by atoms with E-state index in [0.717, 1.165) is 17.0 Å². The minimum atomic E-state index is -0.295. The number of hydrogen-bond acceptors (Lipinski definition) is 5. The first-order valence-electron chi connectivity index (χ1n) is 6.35. The molecule has 0 unspecified atom stereocenters. The lowest BCUT2D eigenvalue weighted by molar-refractivity contribution is -0.115. The quantitative estimate of drug-likeness (QED) is 0.670. The van der Waals surface area contributed by atoms with E-state index >= 15 is 0 Å². The van der Waals surface area contributed by atoms with Crippen LogP contribution in [0.1, 0.15) is 17.5 Å². The fraction of sp³-hybridized carbons (Fsp3) is 0.143. The Kier molecular flexibility index (Phi) is 5.53. The number of carbonyl (C=O) groups excluding carboxylic acids is 1. The van der Waals surface area contributed by atoms with Gasteiger partial charge in [0.25, 0.3) is 0 Å². The average molecular weight is 318 g/mol. The maximum absolute atomic E-state index is 11.7. The highest BCUT2D eigenvalue weighted by Gasteiger charge is 2.06. The Morgan fingerprint density at radius 3 is 2.76 bits per heavy atom. The van der Waals surface area contributed by atoms with Crippen LogP contribution in [0.5, 0.6) is 0 Å². The molecule has 1 heterocycles. The molecular weight excluding hydrogens is 304 g/mol. The second kappa shape index (κ2) is 7.61. The van der Waals surface area contributed by atoms with Crippen LogP contribution in [-0.4, -0.2) is 21.2 Å². The van der Waals surface area contributed by atoms with Crippen molar-refractivity contribution < 1.29 is 4.79 Å². The van der Waals surface area contributed by atoms with Crippen LogP contribution in [0, 0.1) is 0 Å². The SMILES string of the molecule is CCc1nnc(NC(=S)NC(=O)/C=C/c2ccccc2)s1. The van der Waals surface area contributed by atoms with Gasteiger partial charge in [0.2, 0.25) is 11.0 Å². The lowest BCUT2D eigenvalue weighted by Crippen LogP contribution is -2.32. The fourth-order valence-corrected chi connectivity index (χ4v) is 2.41. The molecule has 1 aromatic heterocycles. The molecule has 0 atom stereocenters. The number of benzene rings is 1. The predicted octanol–water partition coefficient (Wildman–Crippen LogP) is 2.63. The molecule has 2 rings (SSSR count). The average Bonchev–Trinajstić information content (AvgIpc) is 2.93. The van der Waals surface area contributed by atoms with Crippen LogP contribution in [0.15, 0.2) is 36.4 Å². The molecule has 7 heteroatoms. The Labute approximate surface area is 132 Å². The zero-order valence-electron chi connectivity index (χ0n) is 11.4. The van der Waals surface area contributed by atoms with Gasteiger partial charge in [-0.25, -0.2) is 0 Å². The zero-order chi connectivity index (χ0) is 15.1. The number of aryl methyl sites for hydroxylation is 1. The van der Waals surface area contributed by atoms with Crippen LogP contribution < -0.4 is 10.6 Å². The standard InChI is InChI=1S/C14H14N4OS2/c1-2-12-17-18-14(21-12)16-13(20)15-11(19)9-8-10-6-4-3-5-7-10/h3-9H,2H2,1H3,(H2,15,16,18,19,20)/b9-8+. The van der Waals surface area contributed by atoms with Crippen molar-refractivity contribution in [3.05, 3.63) is 47.0 Å². The van der Waals surface area contributed by atoms with Gasteiger partial charge in [0.1, 0.15) is 5.01 Å². The molecule has 0 saturated heterocycles. The number of carbonyl (C=O) groups is 1. The van der Waals surface area contributed by atoms with Crippen LogP contribution in [0.2, 0.25) is 0 Å². The van der Waals surface area contributed by atoms with E-state index in [0.29, 0.717) is 5.13 Å². The molecule has 0 saturated carbocycles. The van der Waals surface area contributed by atoms with Gasteiger partial charge in [0.15, 0.2) is 5.11 Å². The number of anilines is 1. The summed E-state index contributed by atoms with van der Waals surface area (Å²) < 4.78 is 0. The number of aromatic nitrogens is 2. The summed E-state index contributed by atoms with van der Waals surface area (Å²) >= 11 is 6.46. The van der Waals surface area contributed by atoms with Gasteiger partial charge in [-0.15, -0.1) is 10.2 Å². The first-order valence-corrected chi connectivity index (χ1v) is 7.57. The molecule has 108 valence electrons. The van der Waals surface area contributed by atoms with Crippen molar-refractivity contribution in [1.82, 2.24) is 15.5 Å². The van der Waals surface area contributed by atoms with Crippen molar-refractivity contribution in [1.29, 1.82) is 0 Å². The largest absolute Gasteiger partial charge is 0.307 e. The van der Waals surface area contributed by atoms with Gasteiger partial charge in [-0.3, -0.25) is 10.1 Å². The van der Waals surface area contributed by atoms with E-state index in [9.17, 15) is 4.79 Å². The first-order chi connectivity index (χ1) is 10.2. The monoisotopic (exact) mass is 318 g/mol. The molecule has 2 N–H and O–H groups in total. The Morgan fingerprint density at radius 1 is 1.33 bits per heavy atom. The number of nitrogens with zero attached hydrogens (tertiary/aromatic N) is 2. The molecule has 0 fully saturated rings. The van der Waals surface area contributed by atoms with Crippen molar-refractivity contribution in [2.24, 2.45) is 0 Å². The number of amides is 1. The molecule has 0 aliphatic rings. The van der Waals surface area contributed by atoms with Crippen LogP contribution in [0.4, 0.5) is 5.13 Å². The third kappa shape index (κ3) is 5.05. The number of thiocarbonyl (C=S) groups is 1. The number of rotatable bonds is 4. The van der Waals surface area contributed by atoms with E-state index in [-0.39, 0.29) is 11.0 Å². The molecule has 2 aromatic rings. The van der Waals surface area contributed by atoms with E-state index < -0.39 is 0 Å². The second-order valence-corrected chi connectivity index (χ2v) is 5.51. The summed E-state index contributed by atoms with van der Waals surface area (Å²) in [6, 6.07) is 9.56. The summed E-state index contributed by atoms with van der Waals surface area (Å²) in [6.07, 6.45) is 3.97. The Hall–Kier alpha value is -2.12. The summed E-state index contributed by atoms with van der Waals surface area (Å²) in [5, 5.41) is 15.0. The Morgan fingerprint density at radius 2 is 2.10 bits per heavy atom. The Bertz CT molecular complexity index is 652. The third-order valence-corrected chi connectivity index (χ3v) is 3.64. The van der Waals surface area contributed by atoms with Crippen LogP contribution in [0.3, 0.4) is 0 Å². The smallest absolute Gasteiger partial charge is 0.250 e. The first kappa shape index (κ1) is 15.3. The summed E-state index contributed by atoms with van der Waals surface area (Å²) in [4.78, 5) is 11.7. The van der Waals surface area contributed by atoms with Gasteiger partial charge in [-0.05, 0) is 30.3 Å². The topological polar surface area (TPSA) is 66.9 Å². The normalized spacial score (nSPS) is 10.5. The van der Waals surface area contributed by atoms with Crippen molar-refractivity contribution in [2.45, 2.75) is 13.3 Å². The molecular formula is C14H14N4OS2. The summed E-state index contributed by atoms with van der Waals surface area (Å²) in [5.41, 5.74) is 0.947. The molecule has 0 radical (unpaired) electrons. The van der Waals surface area contributed by atoms with E-state index in [1.54, 1.807) is 6.08 Å². The van der Waals surface area contributed by atoms with E-state index in [1.165, 1.54) is 17.4 Å². The zero-order valence-corrected chi connectivity index (χ0v) is 13.0. The van der Waals surface area contributed by atoms with Gasteiger partial charge >= 0.3 is 0 Å². The molecule has 1 amide bonds. The fourth-order valence-electron chi connectivity index (χ4n) is 1.46. The molecule has 5 nitrogen and oxygen atoms in total. The van der Waals surface area contributed by atoms with Crippen molar-refractivity contribution in [3.8, 4) is 0 Å². The molecule has 21 heavy (non-hydrogen) atoms. The highest BCUT2D eigenvalue weighted by molar-refractivity contribution is 7.80. The number of nitrogens with one attached hydrogen (secondary N) is 2. The van der Waals surface area contributed by atoms with E-state index in [4.69, 9.17) is 12.2 Å². The predicted molar refractivity (Wildman–Crippen MR) is 89.1 cm³/mol. The lowest BCUT2D eigenvalue weighted by Gasteiger charge is -2.03. The number of hydrogen-bond donors (Lipinski definition) is 2. The summed E-state index contributed by atoms with van der Waals surface area (Å²) in [7, 11) is 0. The van der Waals surface area contributed by atoms with Crippen LogP contribution in [-0.2, 0) is 11.2 Å². The molecule has 0 aliphatic heterocycles. The van der Waals surface area contributed by atoms with Gasteiger partial charge in [0, 0.05) is 6.08 Å². The maximum atomic E-state index is 11.7. The minimum absolute atomic E-state index is 0.205. The lowest BCUT2D eigenvalue weighted by atomic mass is 10.2. The minimum Gasteiger partial charge on any atom is -0.307 e. The summed E-state index contributed by atoms with van der Waals surface area (Å²) in [5.74, 6) is -0.295. The van der Waals surface area contributed by atoms with Gasteiger partial charge in [-0.1, -0.05) is 48.6 Å². The van der Waals surface area contributed by atoms with Gasteiger partial charge in [0.05, 0.1) is 0 Å². The van der Waals surface area contributed by atoms with Gasteiger partial charge in [-0.2, -0.15) is 0 Å². The van der Waals surface area contributed by atoms with Gasteiger partial charge < -0.3 is 5.32 Å².